The van der Waals surface area contributed by atoms with Crippen molar-refractivity contribution in [2.75, 3.05) is 27.2 Å². The molecule has 1 nitrogen and oxygen atoms in total. The number of hydrogen-bond donors (Lipinski definition) is 0. The Morgan fingerprint density at radius 2 is 1.81 bits per heavy atom. The maximum Gasteiger partial charge on any atom is 0.104 e. The van der Waals surface area contributed by atoms with Crippen molar-refractivity contribution in [2.24, 2.45) is 0 Å². The molecular formula is C15H24N+. The van der Waals surface area contributed by atoms with Crippen LogP contribution in [0.15, 0.2) is 36.9 Å². The molecule has 16 heavy (non-hydrogen) atoms. The Labute approximate surface area is 100.0 Å². The molecule has 0 heterocycles. The van der Waals surface area contributed by atoms with Crippen molar-refractivity contribution in [3.8, 4) is 0 Å². The van der Waals surface area contributed by atoms with Crippen molar-refractivity contribution < 1.29 is 4.48 Å². The van der Waals surface area contributed by atoms with E-state index in [9.17, 15) is 0 Å². The molecule has 0 fully saturated rings. The Balaban J connectivity index is 2.57. The van der Waals surface area contributed by atoms with Crippen LogP contribution in [-0.4, -0.2) is 31.7 Å². The molecule has 1 aromatic carbocycles. The summed E-state index contributed by atoms with van der Waals surface area (Å²) in [6.07, 6.45) is 2.55. The molecule has 0 aromatic heterocycles. The fourth-order valence-electron chi connectivity index (χ4n) is 1.95. The van der Waals surface area contributed by atoms with Gasteiger partial charge in [0.15, 0.2) is 0 Å². The Morgan fingerprint density at radius 1 is 1.19 bits per heavy atom. The first-order valence-corrected chi connectivity index (χ1v) is 6.10. The first-order valence-electron chi connectivity index (χ1n) is 6.10. The van der Waals surface area contributed by atoms with Gasteiger partial charge in [0.05, 0.1) is 20.6 Å². The van der Waals surface area contributed by atoms with Gasteiger partial charge in [-0.05, 0) is 12.0 Å². The number of likely N-dealkylation sites (N-methyl/N-ethyl adjacent to an activating group) is 1. The molecule has 0 N–H and O–H groups in total. The topological polar surface area (TPSA) is 0 Å². The molecule has 0 spiro atoms. The number of rotatable bonds is 6. The lowest BCUT2D eigenvalue weighted by Crippen LogP contribution is -2.41. The van der Waals surface area contributed by atoms with Gasteiger partial charge in [-0.2, -0.15) is 0 Å². The van der Waals surface area contributed by atoms with E-state index in [0.717, 1.165) is 11.0 Å². The van der Waals surface area contributed by atoms with Gasteiger partial charge < -0.3 is 4.48 Å². The van der Waals surface area contributed by atoms with Crippen LogP contribution in [0.2, 0.25) is 0 Å². The monoisotopic (exact) mass is 218 g/mol. The van der Waals surface area contributed by atoms with Crippen molar-refractivity contribution in [1.82, 2.24) is 0 Å². The maximum absolute atomic E-state index is 4.20. The summed E-state index contributed by atoms with van der Waals surface area (Å²) in [6, 6.07) is 10.5. The van der Waals surface area contributed by atoms with Gasteiger partial charge in [0.2, 0.25) is 0 Å². The third-order valence-corrected chi connectivity index (χ3v) is 2.92. The maximum atomic E-state index is 4.20. The molecule has 88 valence electrons. The van der Waals surface area contributed by atoms with Crippen molar-refractivity contribution >= 4 is 5.57 Å². The van der Waals surface area contributed by atoms with Crippen LogP contribution in [0, 0.1) is 0 Å². The average molecular weight is 218 g/mol. The standard InChI is InChI=1S/C15H24N/c1-5-6-12-16(3,4)13-14(2)15-10-8-7-9-11-15/h7-11H,2,5-6,12-13H2,1,3-4H3/q+1. The van der Waals surface area contributed by atoms with Crippen molar-refractivity contribution in [3.63, 3.8) is 0 Å². The van der Waals surface area contributed by atoms with Gasteiger partial charge in [0.25, 0.3) is 0 Å². The molecule has 0 atom stereocenters. The van der Waals surface area contributed by atoms with E-state index >= 15 is 0 Å². The SMILES string of the molecule is C=C(C[N+](C)(C)CCCC)c1ccccc1. The number of unbranched alkanes of at least 4 members (excludes halogenated alkanes) is 1. The average Bonchev–Trinajstić information content (AvgIpc) is 2.27. The lowest BCUT2D eigenvalue weighted by molar-refractivity contribution is -0.883. The van der Waals surface area contributed by atoms with Gasteiger partial charge in [-0.1, -0.05) is 50.3 Å². The molecule has 0 amide bonds. The summed E-state index contributed by atoms with van der Waals surface area (Å²) >= 11 is 0. The summed E-state index contributed by atoms with van der Waals surface area (Å²) in [6.45, 7) is 8.70. The minimum Gasteiger partial charge on any atom is -0.325 e. The van der Waals surface area contributed by atoms with Crippen LogP contribution in [0.3, 0.4) is 0 Å². The quantitative estimate of drug-likeness (QED) is 0.640. The third kappa shape index (κ3) is 4.19. The van der Waals surface area contributed by atoms with Crippen molar-refractivity contribution in [2.45, 2.75) is 19.8 Å². The van der Waals surface area contributed by atoms with Crippen LogP contribution in [-0.2, 0) is 0 Å². The highest BCUT2D eigenvalue weighted by molar-refractivity contribution is 5.63. The molecule has 1 heteroatoms. The normalized spacial score (nSPS) is 11.4. The number of benzene rings is 1. The van der Waals surface area contributed by atoms with Crippen molar-refractivity contribution in [1.29, 1.82) is 0 Å². The molecule has 1 rings (SSSR count). The van der Waals surface area contributed by atoms with E-state index in [4.69, 9.17) is 0 Å². The minimum absolute atomic E-state index is 1.03. The summed E-state index contributed by atoms with van der Waals surface area (Å²) < 4.78 is 1.03. The summed E-state index contributed by atoms with van der Waals surface area (Å²) in [5, 5.41) is 0. The van der Waals surface area contributed by atoms with Gasteiger partial charge in [-0.15, -0.1) is 0 Å². The van der Waals surface area contributed by atoms with E-state index in [2.05, 4.69) is 51.9 Å². The highest BCUT2D eigenvalue weighted by Crippen LogP contribution is 2.16. The Kier molecular flexibility index (Phi) is 4.75. The number of nitrogens with zero attached hydrogens (tertiary/aromatic N) is 1. The molecule has 0 aliphatic rings. The van der Waals surface area contributed by atoms with E-state index in [1.54, 1.807) is 0 Å². The van der Waals surface area contributed by atoms with Gasteiger partial charge in [0, 0.05) is 5.57 Å². The fraction of sp³-hybridized carbons (Fsp3) is 0.467. The predicted molar refractivity (Wildman–Crippen MR) is 72.2 cm³/mol. The first-order chi connectivity index (χ1) is 7.55. The number of quaternary nitrogens is 1. The van der Waals surface area contributed by atoms with E-state index in [0.29, 0.717) is 0 Å². The van der Waals surface area contributed by atoms with Crippen LogP contribution in [0.4, 0.5) is 0 Å². The second-order valence-corrected chi connectivity index (χ2v) is 5.14. The van der Waals surface area contributed by atoms with Crippen LogP contribution in [0.25, 0.3) is 5.57 Å². The van der Waals surface area contributed by atoms with E-state index in [1.165, 1.54) is 30.5 Å². The summed E-state index contributed by atoms with van der Waals surface area (Å²) in [7, 11) is 4.56. The van der Waals surface area contributed by atoms with Gasteiger partial charge in [0.1, 0.15) is 6.54 Å². The zero-order valence-corrected chi connectivity index (χ0v) is 10.9. The van der Waals surface area contributed by atoms with Crippen LogP contribution < -0.4 is 0 Å². The Hall–Kier alpha value is -1.08. The second kappa shape index (κ2) is 5.86. The summed E-state index contributed by atoms with van der Waals surface area (Å²) in [5.41, 5.74) is 2.51. The van der Waals surface area contributed by atoms with Crippen LogP contribution in [0.1, 0.15) is 25.3 Å². The smallest absolute Gasteiger partial charge is 0.104 e. The summed E-state index contributed by atoms with van der Waals surface area (Å²) in [4.78, 5) is 0. The molecule has 0 radical (unpaired) electrons. The molecule has 0 saturated heterocycles. The van der Waals surface area contributed by atoms with Gasteiger partial charge in [-0.3, -0.25) is 0 Å². The predicted octanol–water partition coefficient (Wildman–Crippen LogP) is 3.58. The lowest BCUT2D eigenvalue weighted by Gasteiger charge is -2.30. The molecule has 0 aliphatic carbocycles. The minimum atomic E-state index is 1.03. The molecule has 1 aromatic rings. The fourth-order valence-corrected chi connectivity index (χ4v) is 1.95. The zero-order valence-electron chi connectivity index (χ0n) is 10.9. The first kappa shape index (κ1) is 13.0. The molecule has 0 saturated carbocycles. The Bertz CT molecular complexity index is 325. The van der Waals surface area contributed by atoms with E-state index < -0.39 is 0 Å². The lowest BCUT2D eigenvalue weighted by atomic mass is 10.1. The zero-order chi connectivity index (χ0) is 12.0. The Morgan fingerprint density at radius 3 is 2.38 bits per heavy atom. The van der Waals surface area contributed by atoms with Gasteiger partial charge >= 0.3 is 0 Å². The third-order valence-electron chi connectivity index (χ3n) is 2.92. The van der Waals surface area contributed by atoms with Crippen LogP contribution >= 0.6 is 0 Å². The van der Waals surface area contributed by atoms with Crippen molar-refractivity contribution in [3.05, 3.63) is 42.5 Å². The second-order valence-electron chi connectivity index (χ2n) is 5.14. The summed E-state index contributed by atoms with van der Waals surface area (Å²) in [5.74, 6) is 0. The molecule has 0 bridgehead atoms. The number of hydrogen-bond acceptors (Lipinski definition) is 0. The largest absolute Gasteiger partial charge is 0.325 e. The highest BCUT2D eigenvalue weighted by Gasteiger charge is 2.16. The van der Waals surface area contributed by atoms with Crippen LogP contribution in [0.5, 0.6) is 0 Å². The highest BCUT2D eigenvalue weighted by atomic mass is 15.3. The molecule has 0 aliphatic heterocycles. The van der Waals surface area contributed by atoms with E-state index in [1.807, 2.05) is 6.07 Å². The van der Waals surface area contributed by atoms with Gasteiger partial charge in [-0.25, -0.2) is 0 Å². The van der Waals surface area contributed by atoms with E-state index in [-0.39, 0.29) is 0 Å². The molecular weight excluding hydrogens is 194 g/mol. The molecule has 0 unspecified atom stereocenters.